The number of rotatable bonds is 7. The lowest BCUT2D eigenvalue weighted by Gasteiger charge is -2.26. The van der Waals surface area contributed by atoms with E-state index in [-0.39, 0.29) is 34.9 Å². The molecule has 1 N–H and O–H groups in total. The maximum atomic E-state index is 14.7. The minimum absolute atomic E-state index is 0.0107. The third-order valence-corrected chi connectivity index (χ3v) is 5.52. The van der Waals surface area contributed by atoms with Crippen LogP contribution in [0.4, 0.5) is 30.6 Å². The number of aromatic nitrogens is 2. The number of nitrogens with one attached hydrogen (secondary N) is 1. The highest BCUT2D eigenvalue weighted by atomic mass is 19.2. The van der Waals surface area contributed by atoms with Crippen molar-refractivity contribution in [2.45, 2.75) is 38.7 Å². The molecule has 1 unspecified atom stereocenters. The van der Waals surface area contributed by atoms with Crippen LogP contribution >= 0.6 is 0 Å². The molecule has 3 aromatic rings. The van der Waals surface area contributed by atoms with E-state index in [1.807, 2.05) is 6.92 Å². The number of likely N-dealkylation sites (N-methyl/N-ethyl adjacent to an activating group) is 1. The Bertz CT molecular complexity index is 1080. The molecule has 0 saturated carbocycles. The first kappa shape index (κ1) is 22.1. The van der Waals surface area contributed by atoms with Crippen molar-refractivity contribution in [3.63, 3.8) is 0 Å². The Kier molecular flexibility index (Phi) is 6.64. The van der Waals surface area contributed by atoms with Gasteiger partial charge in [-0.15, -0.1) is 5.10 Å². The Labute approximate surface area is 184 Å². The van der Waals surface area contributed by atoms with Gasteiger partial charge in [0, 0.05) is 20.2 Å². The first-order chi connectivity index (χ1) is 15.5. The summed E-state index contributed by atoms with van der Waals surface area (Å²) in [6.07, 6.45) is 3.83. The second kappa shape index (κ2) is 9.60. The number of benzene rings is 2. The fraction of sp³-hybridized carbons (Fsp3) is 0.391. The fourth-order valence-electron chi connectivity index (χ4n) is 3.68. The monoisotopic (exact) mass is 446 g/mol. The van der Waals surface area contributed by atoms with Gasteiger partial charge in [-0.25, -0.2) is 13.2 Å². The van der Waals surface area contributed by atoms with Crippen molar-refractivity contribution in [3.8, 4) is 11.5 Å². The van der Waals surface area contributed by atoms with Crippen LogP contribution in [0.1, 0.15) is 31.7 Å². The summed E-state index contributed by atoms with van der Waals surface area (Å²) < 4.78 is 54.6. The van der Waals surface area contributed by atoms with E-state index >= 15 is 0 Å². The number of anilines is 3. The van der Waals surface area contributed by atoms with Gasteiger partial charge in [-0.05, 0) is 55.5 Å². The number of halogens is 3. The zero-order chi connectivity index (χ0) is 22.7. The van der Waals surface area contributed by atoms with Crippen LogP contribution < -0.4 is 10.2 Å². The third-order valence-electron chi connectivity index (χ3n) is 5.52. The molecule has 1 atom stereocenters. The van der Waals surface area contributed by atoms with Crippen LogP contribution in [0.25, 0.3) is 11.5 Å². The Hall–Kier alpha value is -3.07. The lowest BCUT2D eigenvalue weighted by atomic mass is 10.1. The molecule has 1 aliphatic heterocycles. The van der Waals surface area contributed by atoms with Crippen LogP contribution in [-0.2, 0) is 11.2 Å². The highest BCUT2D eigenvalue weighted by Gasteiger charge is 2.23. The van der Waals surface area contributed by atoms with E-state index in [0.717, 1.165) is 37.5 Å². The minimum atomic E-state index is -1.16. The highest BCUT2D eigenvalue weighted by molar-refractivity contribution is 5.78. The molecule has 0 radical (unpaired) electrons. The zero-order valence-corrected chi connectivity index (χ0v) is 18.0. The Morgan fingerprint density at radius 1 is 1.09 bits per heavy atom. The Morgan fingerprint density at radius 2 is 1.94 bits per heavy atom. The van der Waals surface area contributed by atoms with Crippen molar-refractivity contribution < 1.29 is 22.3 Å². The lowest BCUT2D eigenvalue weighted by molar-refractivity contribution is 0.0211. The maximum absolute atomic E-state index is 14.7. The van der Waals surface area contributed by atoms with Gasteiger partial charge >= 0.3 is 6.01 Å². The number of hydrogen-bond acceptors (Lipinski definition) is 6. The number of aryl methyl sites for hydroxylation is 1. The van der Waals surface area contributed by atoms with E-state index in [9.17, 15) is 13.2 Å². The van der Waals surface area contributed by atoms with Crippen LogP contribution in [0.3, 0.4) is 0 Å². The highest BCUT2D eigenvalue weighted by Crippen LogP contribution is 2.35. The summed E-state index contributed by atoms with van der Waals surface area (Å²) in [6.45, 7) is 3.20. The van der Waals surface area contributed by atoms with Crippen LogP contribution in [0.2, 0.25) is 0 Å². The average molecular weight is 446 g/mol. The van der Waals surface area contributed by atoms with E-state index in [2.05, 4.69) is 15.5 Å². The molecule has 0 amide bonds. The predicted octanol–water partition coefficient (Wildman–Crippen LogP) is 5.47. The predicted molar refractivity (Wildman–Crippen MR) is 116 cm³/mol. The molecule has 32 heavy (non-hydrogen) atoms. The molecule has 4 rings (SSSR count). The zero-order valence-electron chi connectivity index (χ0n) is 18.0. The molecule has 2 heterocycles. The maximum Gasteiger partial charge on any atom is 0.318 e. The normalized spacial score (nSPS) is 16.2. The van der Waals surface area contributed by atoms with Crippen LogP contribution in [0, 0.1) is 17.5 Å². The molecular weight excluding hydrogens is 421 g/mol. The lowest BCUT2D eigenvalue weighted by Crippen LogP contribution is -2.33. The van der Waals surface area contributed by atoms with Gasteiger partial charge in [0.15, 0.2) is 11.6 Å². The first-order valence-corrected chi connectivity index (χ1v) is 10.7. The van der Waals surface area contributed by atoms with E-state index in [1.54, 1.807) is 18.0 Å². The van der Waals surface area contributed by atoms with Crippen molar-refractivity contribution >= 4 is 17.4 Å². The summed E-state index contributed by atoms with van der Waals surface area (Å²) in [5.74, 6) is -2.82. The first-order valence-electron chi connectivity index (χ1n) is 10.7. The summed E-state index contributed by atoms with van der Waals surface area (Å²) in [5.41, 5.74) is 0.657. The summed E-state index contributed by atoms with van der Waals surface area (Å²) >= 11 is 0. The van der Waals surface area contributed by atoms with Crippen molar-refractivity contribution in [1.82, 2.24) is 10.2 Å². The van der Waals surface area contributed by atoms with Crippen LogP contribution in [0.5, 0.6) is 0 Å². The smallest absolute Gasteiger partial charge is 0.318 e. The largest absolute Gasteiger partial charge is 0.403 e. The van der Waals surface area contributed by atoms with Crippen molar-refractivity contribution in [2.24, 2.45) is 0 Å². The number of nitrogens with zero attached hydrogens (tertiary/aromatic N) is 3. The van der Waals surface area contributed by atoms with Crippen molar-refractivity contribution in [3.05, 3.63) is 53.3 Å². The molecule has 1 fully saturated rings. The average Bonchev–Trinajstić information content (AvgIpc) is 3.29. The van der Waals surface area contributed by atoms with Crippen LogP contribution in [0.15, 0.2) is 34.7 Å². The van der Waals surface area contributed by atoms with Gasteiger partial charge in [0.25, 0.3) is 5.89 Å². The summed E-state index contributed by atoms with van der Waals surface area (Å²) in [7, 11) is 1.80. The summed E-state index contributed by atoms with van der Waals surface area (Å²) in [6, 6.07) is 7.07. The molecule has 1 aliphatic rings. The molecule has 9 heteroatoms. The van der Waals surface area contributed by atoms with Gasteiger partial charge in [0.2, 0.25) is 0 Å². The van der Waals surface area contributed by atoms with Gasteiger partial charge in [-0.2, -0.15) is 0 Å². The third kappa shape index (κ3) is 4.72. The fourth-order valence-corrected chi connectivity index (χ4v) is 3.68. The van der Waals surface area contributed by atoms with E-state index < -0.39 is 17.5 Å². The number of ether oxygens (including phenoxy) is 1. The summed E-state index contributed by atoms with van der Waals surface area (Å²) in [5, 5.41) is 10.7. The Morgan fingerprint density at radius 3 is 2.66 bits per heavy atom. The second-order valence-electron chi connectivity index (χ2n) is 7.84. The van der Waals surface area contributed by atoms with Crippen LogP contribution in [-0.4, -0.2) is 36.5 Å². The second-order valence-corrected chi connectivity index (χ2v) is 7.84. The van der Waals surface area contributed by atoms with Crippen molar-refractivity contribution in [1.29, 1.82) is 0 Å². The topological polar surface area (TPSA) is 63.4 Å². The molecule has 0 spiro atoms. The van der Waals surface area contributed by atoms with Gasteiger partial charge < -0.3 is 19.4 Å². The molecule has 6 nitrogen and oxygen atoms in total. The molecule has 1 aromatic heterocycles. The van der Waals surface area contributed by atoms with Gasteiger partial charge in [-0.3, -0.25) is 0 Å². The van der Waals surface area contributed by atoms with E-state index in [0.29, 0.717) is 13.0 Å². The van der Waals surface area contributed by atoms with Crippen molar-refractivity contribution in [2.75, 3.05) is 30.4 Å². The molecule has 2 aromatic carbocycles. The summed E-state index contributed by atoms with van der Waals surface area (Å²) in [4.78, 5) is 1.77. The van der Waals surface area contributed by atoms with Gasteiger partial charge in [0.05, 0.1) is 23.0 Å². The van der Waals surface area contributed by atoms with Gasteiger partial charge in [0.1, 0.15) is 5.82 Å². The molecule has 1 saturated heterocycles. The minimum Gasteiger partial charge on any atom is -0.403 e. The SMILES string of the molecule is CCc1ccc(Nc2c(-c3nnc(N(C)CC4CCCCO4)o3)ccc(F)c2F)c(F)c1. The molecule has 170 valence electrons. The Balaban J connectivity index is 1.61. The van der Waals surface area contributed by atoms with Gasteiger partial charge in [-0.1, -0.05) is 18.1 Å². The molecule has 0 aliphatic carbocycles. The molecular formula is C23H25F3N4O2. The standard InChI is InChI=1S/C23H25F3N4O2/c1-3-14-7-10-19(18(25)12-14)27-21-16(8-9-17(24)20(21)26)22-28-29-23(32-22)30(2)13-15-6-4-5-11-31-15/h7-10,12,15,27H,3-6,11,13H2,1-2H3. The molecule has 0 bridgehead atoms. The van der Waals surface area contributed by atoms with E-state index in [4.69, 9.17) is 9.15 Å². The van der Waals surface area contributed by atoms with E-state index in [1.165, 1.54) is 18.2 Å². The number of hydrogen-bond donors (Lipinski definition) is 1. The quantitative estimate of drug-likeness (QED) is 0.520.